The molecule has 2 heterocycles. The summed E-state index contributed by atoms with van der Waals surface area (Å²) >= 11 is 0. The summed E-state index contributed by atoms with van der Waals surface area (Å²) in [5, 5.41) is 0. The summed E-state index contributed by atoms with van der Waals surface area (Å²) in [6.45, 7) is 1.93. The summed E-state index contributed by atoms with van der Waals surface area (Å²) < 4.78 is 21.8. The molecule has 25 heavy (non-hydrogen) atoms. The highest BCUT2D eigenvalue weighted by molar-refractivity contribution is 5.92. The average Bonchev–Trinajstić information content (AvgIpc) is 3.20. The molecule has 2 aliphatic heterocycles. The number of hydrogen-bond acceptors (Lipinski definition) is 5. The summed E-state index contributed by atoms with van der Waals surface area (Å²) in [4.78, 5) is 14.6. The van der Waals surface area contributed by atoms with Crippen LogP contribution in [0, 0.1) is 0 Å². The van der Waals surface area contributed by atoms with Gasteiger partial charge in [0.25, 0.3) is 0 Å². The summed E-state index contributed by atoms with van der Waals surface area (Å²) in [7, 11) is 3.21. The van der Waals surface area contributed by atoms with Gasteiger partial charge in [-0.05, 0) is 43.0 Å². The summed E-state index contributed by atoms with van der Waals surface area (Å²) in [5.41, 5.74) is 0.853. The van der Waals surface area contributed by atoms with Crippen molar-refractivity contribution in [3.63, 3.8) is 0 Å². The number of hydrogen-bond donors (Lipinski definition) is 0. The zero-order valence-corrected chi connectivity index (χ0v) is 14.8. The third-order valence-electron chi connectivity index (χ3n) is 4.59. The number of benzene rings is 1. The molecule has 2 saturated heterocycles. The molecule has 6 nitrogen and oxygen atoms in total. The van der Waals surface area contributed by atoms with E-state index in [0.29, 0.717) is 24.7 Å². The molecule has 2 fully saturated rings. The predicted octanol–water partition coefficient (Wildman–Crippen LogP) is 2.47. The monoisotopic (exact) mass is 347 g/mol. The zero-order chi connectivity index (χ0) is 17.6. The van der Waals surface area contributed by atoms with Gasteiger partial charge in [0.15, 0.2) is 6.29 Å². The van der Waals surface area contributed by atoms with Crippen molar-refractivity contribution in [3.8, 4) is 11.5 Å². The molecule has 1 amide bonds. The number of amides is 1. The molecule has 3 rings (SSSR count). The second-order valence-electron chi connectivity index (χ2n) is 6.18. The highest BCUT2D eigenvalue weighted by Crippen LogP contribution is 2.26. The van der Waals surface area contributed by atoms with Gasteiger partial charge in [-0.25, -0.2) is 0 Å². The Morgan fingerprint density at radius 1 is 1.12 bits per heavy atom. The van der Waals surface area contributed by atoms with E-state index < -0.39 is 0 Å². The Bertz CT molecular complexity index is 602. The van der Waals surface area contributed by atoms with E-state index in [4.69, 9.17) is 18.9 Å². The van der Waals surface area contributed by atoms with Crippen molar-refractivity contribution in [1.82, 2.24) is 4.90 Å². The molecule has 0 aliphatic carbocycles. The van der Waals surface area contributed by atoms with Gasteiger partial charge in [0.05, 0.1) is 33.5 Å². The third kappa shape index (κ3) is 4.32. The van der Waals surface area contributed by atoms with Crippen molar-refractivity contribution in [2.45, 2.75) is 31.6 Å². The Morgan fingerprint density at radius 2 is 1.80 bits per heavy atom. The van der Waals surface area contributed by atoms with E-state index in [-0.39, 0.29) is 18.2 Å². The lowest BCUT2D eigenvalue weighted by Crippen LogP contribution is -2.49. The van der Waals surface area contributed by atoms with Gasteiger partial charge >= 0.3 is 0 Å². The number of likely N-dealkylation sites (tertiary alicyclic amines) is 1. The minimum absolute atomic E-state index is 0.00625. The largest absolute Gasteiger partial charge is 0.497 e. The van der Waals surface area contributed by atoms with Gasteiger partial charge in [-0.2, -0.15) is 0 Å². The smallest absolute Gasteiger partial charge is 0.246 e. The second kappa shape index (κ2) is 8.36. The Balaban J connectivity index is 1.72. The van der Waals surface area contributed by atoms with E-state index in [1.165, 1.54) is 0 Å². The molecule has 1 aromatic rings. The maximum Gasteiger partial charge on any atom is 0.246 e. The van der Waals surface area contributed by atoms with E-state index in [1.807, 2.05) is 17.0 Å². The molecule has 1 atom stereocenters. The van der Waals surface area contributed by atoms with Crippen LogP contribution in [0.2, 0.25) is 0 Å². The Kier molecular flexibility index (Phi) is 5.94. The van der Waals surface area contributed by atoms with Gasteiger partial charge in [-0.3, -0.25) is 4.79 Å². The molecule has 2 aliphatic rings. The van der Waals surface area contributed by atoms with Crippen LogP contribution in [-0.2, 0) is 14.3 Å². The van der Waals surface area contributed by atoms with Crippen molar-refractivity contribution in [1.29, 1.82) is 0 Å². The van der Waals surface area contributed by atoms with Gasteiger partial charge in [-0.1, -0.05) is 0 Å². The molecular formula is C19H25NO5. The van der Waals surface area contributed by atoms with Crippen molar-refractivity contribution in [2.24, 2.45) is 0 Å². The first-order chi connectivity index (χ1) is 12.2. The number of methoxy groups -OCH3 is 2. The number of nitrogens with zero attached hydrogens (tertiary/aromatic N) is 1. The number of carbonyl (C=O) groups excluding carboxylic acids is 1. The maximum atomic E-state index is 12.7. The Morgan fingerprint density at radius 3 is 2.44 bits per heavy atom. The molecular weight excluding hydrogens is 322 g/mol. The first kappa shape index (κ1) is 17.8. The normalized spacial score (nSPS) is 21.7. The quantitative estimate of drug-likeness (QED) is 0.766. The van der Waals surface area contributed by atoms with Crippen LogP contribution in [0.5, 0.6) is 11.5 Å². The second-order valence-corrected chi connectivity index (χ2v) is 6.18. The van der Waals surface area contributed by atoms with Gasteiger partial charge in [0.1, 0.15) is 11.5 Å². The van der Waals surface area contributed by atoms with Crippen LogP contribution in [0.25, 0.3) is 6.08 Å². The topological polar surface area (TPSA) is 57.2 Å². The first-order valence-corrected chi connectivity index (χ1v) is 8.66. The van der Waals surface area contributed by atoms with Crippen LogP contribution >= 0.6 is 0 Å². The molecule has 0 unspecified atom stereocenters. The highest BCUT2D eigenvalue weighted by Gasteiger charge is 2.35. The van der Waals surface area contributed by atoms with Crippen LogP contribution in [-0.4, -0.2) is 57.1 Å². The molecule has 136 valence electrons. The third-order valence-corrected chi connectivity index (χ3v) is 4.59. The van der Waals surface area contributed by atoms with Gasteiger partial charge in [0, 0.05) is 18.7 Å². The van der Waals surface area contributed by atoms with Crippen LogP contribution in [0.1, 0.15) is 24.8 Å². The fourth-order valence-electron chi connectivity index (χ4n) is 3.30. The summed E-state index contributed by atoms with van der Waals surface area (Å²) in [5.74, 6) is 1.36. The fourth-order valence-corrected chi connectivity index (χ4v) is 3.30. The van der Waals surface area contributed by atoms with Crippen LogP contribution in [0.4, 0.5) is 0 Å². The standard InChI is InChI=1S/C19H25NO5/c1-22-15-11-14(12-16(13-15)23-2)6-7-18(21)20-8-4-3-5-17(20)19-24-9-10-25-19/h6-7,11-13,17,19H,3-5,8-10H2,1-2H3/b7-6-/t17-/m0/s1. The zero-order valence-electron chi connectivity index (χ0n) is 14.8. The average molecular weight is 347 g/mol. The van der Waals surface area contributed by atoms with E-state index >= 15 is 0 Å². The molecule has 0 saturated carbocycles. The SMILES string of the molecule is COc1cc(/C=C\C(=O)N2CCCC[C@H]2C2OCCO2)cc(OC)c1. The van der Waals surface area contributed by atoms with Crippen LogP contribution in [0.3, 0.4) is 0 Å². The molecule has 0 N–H and O–H groups in total. The molecule has 1 aromatic carbocycles. The lowest BCUT2D eigenvalue weighted by molar-refractivity contribution is -0.145. The van der Waals surface area contributed by atoms with E-state index in [9.17, 15) is 4.79 Å². The minimum atomic E-state index is -0.297. The fraction of sp³-hybridized carbons (Fsp3) is 0.526. The molecule has 0 aromatic heterocycles. The van der Waals surface area contributed by atoms with Crippen molar-refractivity contribution in [2.75, 3.05) is 34.0 Å². The number of rotatable bonds is 5. The molecule has 6 heteroatoms. The molecule has 0 radical (unpaired) electrons. The minimum Gasteiger partial charge on any atom is -0.497 e. The van der Waals surface area contributed by atoms with Crippen LogP contribution in [0.15, 0.2) is 24.3 Å². The van der Waals surface area contributed by atoms with E-state index in [1.54, 1.807) is 32.4 Å². The van der Waals surface area contributed by atoms with Crippen molar-refractivity contribution < 1.29 is 23.7 Å². The summed E-state index contributed by atoms with van der Waals surface area (Å²) in [6, 6.07) is 5.52. The Labute approximate surface area is 148 Å². The lowest BCUT2D eigenvalue weighted by Gasteiger charge is -2.37. The van der Waals surface area contributed by atoms with Gasteiger partial charge < -0.3 is 23.8 Å². The first-order valence-electron chi connectivity index (χ1n) is 8.66. The lowest BCUT2D eigenvalue weighted by atomic mass is 10.0. The van der Waals surface area contributed by atoms with E-state index in [0.717, 1.165) is 31.4 Å². The van der Waals surface area contributed by atoms with Crippen molar-refractivity contribution >= 4 is 12.0 Å². The van der Waals surface area contributed by atoms with Crippen LogP contribution < -0.4 is 9.47 Å². The van der Waals surface area contributed by atoms with E-state index in [2.05, 4.69) is 0 Å². The van der Waals surface area contributed by atoms with Crippen molar-refractivity contribution in [3.05, 3.63) is 29.8 Å². The molecule has 0 bridgehead atoms. The maximum absolute atomic E-state index is 12.7. The molecule has 0 spiro atoms. The highest BCUT2D eigenvalue weighted by atomic mass is 16.7. The Hall–Kier alpha value is -2.05. The number of piperidine rings is 1. The number of ether oxygens (including phenoxy) is 4. The summed E-state index contributed by atoms with van der Waals surface area (Å²) in [6.07, 6.45) is 6.10. The number of carbonyl (C=O) groups is 1. The predicted molar refractivity (Wildman–Crippen MR) is 93.6 cm³/mol. The van der Waals surface area contributed by atoms with Gasteiger partial charge in [0.2, 0.25) is 5.91 Å². The van der Waals surface area contributed by atoms with Gasteiger partial charge in [-0.15, -0.1) is 0 Å².